The van der Waals surface area contributed by atoms with Crippen LogP contribution in [0.3, 0.4) is 0 Å². The van der Waals surface area contributed by atoms with Gasteiger partial charge in [0.2, 0.25) is 0 Å². The molecule has 0 saturated heterocycles. The molecule has 0 fully saturated rings. The predicted molar refractivity (Wildman–Crippen MR) is 202 cm³/mol. The maximum Gasteiger partial charge on any atom is 0.136 e. The number of hydrogen-bond acceptors (Lipinski definition) is 3. The van der Waals surface area contributed by atoms with Gasteiger partial charge in [0.15, 0.2) is 0 Å². The van der Waals surface area contributed by atoms with Crippen molar-refractivity contribution < 1.29 is 24.5 Å². The van der Waals surface area contributed by atoms with E-state index in [1.54, 1.807) is 6.20 Å². The first-order valence-corrected chi connectivity index (χ1v) is 16.7. The molecule has 5 aromatic heterocycles. The molecule has 0 atom stereocenters. The number of rotatable bonds is 3. The molecule has 0 unspecified atom stereocenters. The molecule has 0 N–H and O–H groups in total. The topological polar surface area (TPSA) is 43.3 Å². The zero-order valence-electron chi connectivity index (χ0n) is 28.0. The van der Waals surface area contributed by atoms with Gasteiger partial charge in [-0.05, 0) is 59.1 Å². The van der Waals surface area contributed by atoms with Crippen LogP contribution in [0.5, 0.6) is 0 Å². The van der Waals surface area contributed by atoms with Crippen molar-refractivity contribution in [1.82, 2.24) is 14.4 Å². The van der Waals surface area contributed by atoms with E-state index in [1.165, 1.54) is 43.5 Å². The van der Waals surface area contributed by atoms with Crippen LogP contribution in [0.1, 0.15) is 26.3 Å². The summed E-state index contributed by atoms with van der Waals surface area (Å²) in [6.45, 7) is 6.82. The van der Waals surface area contributed by atoms with Crippen LogP contribution in [0.15, 0.2) is 138 Å². The van der Waals surface area contributed by atoms with Gasteiger partial charge in [-0.25, -0.2) is 0 Å². The smallest absolute Gasteiger partial charge is 0.136 e. The summed E-state index contributed by atoms with van der Waals surface area (Å²) in [5.74, 6) is 0. The molecule has 245 valence electrons. The second-order valence-corrected chi connectivity index (χ2v) is 13.9. The van der Waals surface area contributed by atoms with Crippen molar-refractivity contribution in [2.24, 2.45) is 5.41 Å². The normalized spacial score (nSPS) is 11.8. The molecule has 0 spiro atoms. The van der Waals surface area contributed by atoms with E-state index in [0.717, 1.165) is 51.0 Å². The molecular formula is C45H33IrN3O-2. The van der Waals surface area contributed by atoms with Gasteiger partial charge < -0.3 is 18.8 Å². The summed E-state index contributed by atoms with van der Waals surface area (Å²) < 4.78 is 8.81. The molecule has 0 amide bonds. The average Bonchev–Trinajstić information content (AvgIpc) is 3.78. The Morgan fingerprint density at radius 3 is 2.20 bits per heavy atom. The molecule has 50 heavy (non-hydrogen) atoms. The van der Waals surface area contributed by atoms with E-state index < -0.39 is 0 Å². The zero-order chi connectivity index (χ0) is 33.1. The standard InChI is InChI=1S/C34H25N2O.C11H8N.Ir/c1-34(2,3)19-20-14-15-35-26(16-20)21-12-13-28-25(17-21)32-31-23-9-5-7-11-29(23)37-30(31)18-24-22-8-4-6-10-27(22)36(28)33(24)32;1-2-6-10(7-3-1)11-8-4-5-9-12-11;/h4-11,13-18H,19H2,1-3H3;1-6,8-9H;/q2*-1;. The van der Waals surface area contributed by atoms with Gasteiger partial charge in [0.1, 0.15) is 11.2 Å². The van der Waals surface area contributed by atoms with E-state index in [0.29, 0.717) is 0 Å². The summed E-state index contributed by atoms with van der Waals surface area (Å²) in [5.41, 5.74) is 11.0. The molecule has 0 saturated carbocycles. The van der Waals surface area contributed by atoms with Crippen molar-refractivity contribution in [3.8, 4) is 22.5 Å². The summed E-state index contributed by atoms with van der Waals surface area (Å²) in [7, 11) is 0. The number of aromatic nitrogens is 3. The average molecular weight is 824 g/mol. The van der Waals surface area contributed by atoms with E-state index in [1.807, 2.05) is 54.7 Å². The first kappa shape index (κ1) is 31.9. The predicted octanol–water partition coefficient (Wildman–Crippen LogP) is 11.7. The Morgan fingerprint density at radius 2 is 1.40 bits per heavy atom. The number of fused-ring (bicyclic) bond motifs is 10. The third-order valence-electron chi connectivity index (χ3n) is 9.22. The molecule has 10 rings (SSSR count). The Bertz CT molecular complexity index is 2740. The molecule has 5 heterocycles. The fraction of sp³-hybridized carbons (Fsp3) is 0.111. The van der Waals surface area contributed by atoms with E-state index in [9.17, 15) is 0 Å². The van der Waals surface area contributed by atoms with Gasteiger partial charge in [-0.15, -0.1) is 59.7 Å². The zero-order valence-corrected chi connectivity index (χ0v) is 30.4. The van der Waals surface area contributed by atoms with Gasteiger partial charge >= 0.3 is 0 Å². The second kappa shape index (κ2) is 12.5. The van der Waals surface area contributed by atoms with Crippen LogP contribution in [-0.2, 0) is 26.5 Å². The molecular weight excluding hydrogens is 791 g/mol. The van der Waals surface area contributed by atoms with E-state index in [2.05, 4.69) is 115 Å². The summed E-state index contributed by atoms with van der Waals surface area (Å²) in [4.78, 5) is 8.96. The van der Waals surface area contributed by atoms with Gasteiger partial charge in [0.25, 0.3) is 0 Å². The molecule has 0 aliphatic heterocycles. The fourth-order valence-corrected chi connectivity index (χ4v) is 7.28. The van der Waals surface area contributed by atoms with Gasteiger partial charge in [0.05, 0.1) is 5.52 Å². The van der Waals surface area contributed by atoms with Crippen LogP contribution in [0.25, 0.3) is 82.5 Å². The Hall–Kier alpha value is -5.35. The minimum Gasteiger partial charge on any atom is -0.456 e. The summed E-state index contributed by atoms with van der Waals surface area (Å²) >= 11 is 0. The van der Waals surface area contributed by atoms with Gasteiger partial charge in [-0.1, -0.05) is 86.3 Å². The Labute approximate surface area is 304 Å². The van der Waals surface area contributed by atoms with Crippen LogP contribution in [0.4, 0.5) is 0 Å². The Balaban J connectivity index is 0.000000236. The van der Waals surface area contributed by atoms with Crippen LogP contribution in [-0.4, -0.2) is 14.4 Å². The molecule has 0 aliphatic carbocycles. The molecule has 5 heteroatoms. The molecule has 0 aliphatic rings. The maximum atomic E-state index is 6.41. The molecule has 5 aromatic carbocycles. The van der Waals surface area contributed by atoms with Crippen molar-refractivity contribution in [3.05, 3.63) is 151 Å². The Morgan fingerprint density at radius 1 is 0.620 bits per heavy atom. The van der Waals surface area contributed by atoms with E-state index in [-0.39, 0.29) is 25.5 Å². The van der Waals surface area contributed by atoms with Crippen LogP contribution < -0.4 is 0 Å². The Kier molecular flexibility index (Phi) is 7.98. The molecule has 10 aromatic rings. The number of furan rings is 1. The van der Waals surface area contributed by atoms with E-state index in [4.69, 9.17) is 9.40 Å². The fourth-order valence-electron chi connectivity index (χ4n) is 7.28. The third kappa shape index (κ3) is 5.44. The maximum absolute atomic E-state index is 6.41. The SMILES string of the molecule is CC(C)(C)Cc1ccnc(-c2[c-]cc3c(c2)c2c4c(cc5c6ccccc6n3c52)oc2ccccc24)c1.[Ir].[c-]1ccccc1-c1ccccn1. The largest absolute Gasteiger partial charge is 0.456 e. The number of hydrogen-bond donors (Lipinski definition) is 0. The van der Waals surface area contributed by atoms with Crippen LogP contribution >= 0.6 is 0 Å². The number of nitrogens with zero attached hydrogens (tertiary/aromatic N) is 3. The number of benzene rings is 5. The van der Waals surface area contributed by atoms with Crippen molar-refractivity contribution in [3.63, 3.8) is 0 Å². The third-order valence-corrected chi connectivity index (χ3v) is 9.22. The number of para-hydroxylation sites is 2. The van der Waals surface area contributed by atoms with Gasteiger partial charge in [-0.2, -0.15) is 0 Å². The summed E-state index contributed by atoms with van der Waals surface area (Å²) in [6.07, 6.45) is 4.72. The quantitative estimate of drug-likeness (QED) is 0.167. The van der Waals surface area contributed by atoms with Crippen molar-refractivity contribution in [2.45, 2.75) is 27.2 Å². The summed E-state index contributed by atoms with van der Waals surface area (Å²) in [5, 5.41) is 7.24. The molecule has 1 radical (unpaired) electrons. The number of pyridine rings is 2. The molecule has 4 nitrogen and oxygen atoms in total. The minimum absolute atomic E-state index is 0. The van der Waals surface area contributed by atoms with Crippen LogP contribution in [0, 0.1) is 17.5 Å². The van der Waals surface area contributed by atoms with Crippen molar-refractivity contribution >= 4 is 60.0 Å². The second-order valence-electron chi connectivity index (χ2n) is 13.9. The van der Waals surface area contributed by atoms with Crippen molar-refractivity contribution in [1.29, 1.82) is 0 Å². The van der Waals surface area contributed by atoms with Crippen molar-refractivity contribution in [2.75, 3.05) is 0 Å². The first-order chi connectivity index (χ1) is 23.9. The minimum atomic E-state index is 0. The van der Waals surface area contributed by atoms with Gasteiger partial charge in [0, 0.05) is 64.9 Å². The van der Waals surface area contributed by atoms with Gasteiger partial charge in [-0.3, -0.25) is 0 Å². The van der Waals surface area contributed by atoms with Crippen LogP contribution in [0.2, 0.25) is 0 Å². The summed E-state index contributed by atoms with van der Waals surface area (Å²) in [6, 6.07) is 48.4. The monoisotopic (exact) mass is 824 g/mol. The first-order valence-electron chi connectivity index (χ1n) is 16.7. The molecule has 0 bridgehead atoms. The van der Waals surface area contributed by atoms with E-state index >= 15 is 0 Å².